The van der Waals surface area contributed by atoms with Gasteiger partial charge in [-0.1, -0.05) is 0 Å². The van der Waals surface area contributed by atoms with Crippen LogP contribution in [0.15, 0.2) is 0 Å². The van der Waals surface area contributed by atoms with Gasteiger partial charge in [0.1, 0.15) is 54.9 Å². The molecule has 17 nitrogen and oxygen atoms in total. The summed E-state index contributed by atoms with van der Waals surface area (Å²) in [5, 5.41) is 79.1. The zero-order chi connectivity index (χ0) is 26.5. The largest absolute Gasteiger partial charge is 0.480 e. The lowest BCUT2D eigenvalue weighted by Gasteiger charge is -2.45. The highest BCUT2D eigenvalue weighted by Crippen LogP contribution is 2.41. The minimum Gasteiger partial charge on any atom is -0.480 e. The molecule has 0 aromatic carbocycles. The van der Waals surface area contributed by atoms with Crippen LogP contribution < -0.4 is 5.32 Å². The number of rotatable bonds is 7. The van der Waals surface area contributed by atoms with E-state index < -0.39 is 88.4 Å². The minimum atomic E-state index is -5.16. The van der Waals surface area contributed by atoms with E-state index >= 15 is 0 Å². The van der Waals surface area contributed by atoms with Crippen LogP contribution in [0.25, 0.3) is 0 Å². The van der Waals surface area contributed by atoms with Gasteiger partial charge in [-0.25, -0.2) is 4.57 Å². The van der Waals surface area contributed by atoms with E-state index in [0.29, 0.717) is 0 Å². The fourth-order valence-corrected chi connectivity index (χ4v) is 4.22. The number of aliphatic carboxylic acids is 1. The van der Waals surface area contributed by atoms with Crippen molar-refractivity contribution in [3.8, 4) is 0 Å². The number of aliphatic hydroxyl groups excluding tert-OH is 7. The van der Waals surface area contributed by atoms with E-state index in [1.807, 2.05) is 0 Å². The Labute approximate surface area is 198 Å². The number of phosphoric ester groups is 1. The van der Waals surface area contributed by atoms with Gasteiger partial charge in [-0.15, -0.1) is 0 Å². The van der Waals surface area contributed by atoms with E-state index in [2.05, 4.69) is 9.84 Å². The zero-order valence-corrected chi connectivity index (χ0v) is 19.1. The maximum atomic E-state index is 11.0. The Morgan fingerprint density at radius 2 is 1.43 bits per heavy atom. The first-order chi connectivity index (χ1) is 16.3. The Hall–Kier alpha value is -0.860. The fraction of sp³-hybridized carbons (Fsp3) is 0.941. The van der Waals surface area contributed by atoms with Crippen LogP contribution in [0.2, 0.25) is 0 Å². The third-order valence-corrected chi connectivity index (χ3v) is 6.07. The second-order valence-corrected chi connectivity index (χ2v) is 9.28. The van der Waals surface area contributed by atoms with E-state index in [9.17, 15) is 40.0 Å². The van der Waals surface area contributed by atoms with E-state index in [0.717, 1.165) is 19.4 Å². The molecule has 0 radical (unpaired) electrons. The second kappa shape index (κ2) is 13.1. The van der Waals surface area contributed by atoms with Crippen molar-refractivity contribution in [1.82, 2.24) is 5.32 Å². The van der Waals surface area contributed by atoms with Crippen molar-refractivity contribution in [2.75, 3.05) is 19.8 Å². The summed E-state index contributed by atoms with van der Waals surface area (Å²) in [5.41, 5.74) is 0. The van der Waals surface area contributed by atoms with Crippen LogP contribution in [0.1, 0.15) is 12.8 Å². The highest BCUT2D eigenvalue weighted by molar-refractivity contribution is 7.46. The van der Waals surface area contributed by atoms with Gasteiger partial charge in [0.15, 0.2) is 12.6 Å². The van der Waals surface area contributed by atoms with Crippen molar-refractivity contribution in [2.24, 2.45) is 0 Å². The van der Waals surface area contributed by atoms with Crippen molar-refractivity contribution < 1.29 is 78.7 Å². The molecule has 3 heterocycles. The van der Waals surface area contributed by atoms with Gasteiger partial charge < -0.3 is 70.2 Å². The van der Waals surface area contributed by atoms with Crippen LogP contribution in [0.3, 0.4) is 0 Å². The Morgan fingerprint density at radius 3 is 1.86 bits per heavy atom. The molecule has 11 atom stereocenters. The summed E-state index contributed by atoms with van der Waals surface area (Å²) in [5.74, 6) is -0.720. The Bertz CT molecular complexity index is 716. The van der Waals surface area contributed by atoms with Gasteiger partial charge >= 0.3 is 13.8 Å². The summed E-state index contributed by atoms with van der Waals surface area (Å²) >= 11 is 0. The maximum absolute atomic E-state index is 11.0. The maximum Gasteiger partial charge on any atom is 0.470 e. The van der Waals surface area contributed by atoms with Gasteiger partial charge in [-0.2, -0.15) is 0 Å². The van der Waals surface area contributed by atoms with E-state index in [1.165, 1.54) is 0 Å². The van der Waals surface area contributed by atoms with Crippen molar-refractivity contribution in [3.05, 3.63) is 0 Å². The summed E-state index contributed by atoms with van der Waals surface area (Å²) < 4.78 is 30.7. The summed E-state index contributed by atoms with van der Waals surface area (Å²) in [6.07, 6.45) is -15.7. The number of carboxylic acid groups (broad SMARTS) is 1. The fourth-order valence-electron chi connectivity index (χ4n) is 3.66. The van der Waals surface area contributed by atoms with Gasteiger partial charge in [-0.05, 0) is 19.4 Å². The standard InChI is InChI=1S/C12H23O14P.C5H9NO2/c13-1-3-5(15)7(17)8(18)11(23-3)25-12-9(19)10(26-27(20,21)22)6(16)4(2-14)24-12;7-5(8)4-2-1-3-6-4/h3-19H,1-2H2,(H2,20,21,22);4,6H,1-3H2,(H,7,8)/t3-,4-,5-,6-,7+,8-,9-,10+,11-,12-;4-/m10/s1. The molecule has 0 aromatic heterocycles. The normalized spacial score (nSPS) is 42.3. The van der Waals surface area contributed by atoms with Gasteiger partial charge in [-0.3, -0.25) is 9.32 Å². The minimum absolute atomic E-state index is 0.269. The van der Waals surface area contributed by atoms with Crippen LogP contribution in [0.4, 0.5) is 0 Å². The molecule has 18 heteroatoms. The Balaban J connectivity index is 0.000000456. The van der Waals surface area contributed by atoms with Crippen molar-refractivity contribution >= 4 is 13.8 Å². The lowest BCUT2D eigenvalue weighted by molar-refractivity contribution is -0.375. The second-order valence-electron chi connectivity index (χ2n) is 8.09. The molecular formula is C17H32NO16P. The molecule has 0 bridgehead atoms. The molecule has 3 fully saturated rings. The van der Waals surface area contributed by atoms with E-state index in [1.54, 1.807) is 0 Å². The average Bonchev–Trinajstić information content (AvgIpc) is 3.34. The lowest BCUT2D eigenvalue weighted by Crippen LogP contribution is -2.64. The average molecular weight is 537 g/mol. The van der Waals surface area contributed by atoms with E-state index in [4.69, 9.17) is 34.2 Å². The third kappa shape index (κ3) is 8.06. The van der Waals surface area contributed by atoms with E-state index in [-0.39, 0.29) is 6.04 Å². The monoisotopic (exact) mass is 537 g/mol. The predicted octanol–water partition coefficient (Wildman–Crippen LogP) is -5.46. The third-order valence-electron chi connectivity index (χ3n) is 5.56. The Kier molecular flexibility index (Phi) is 11.4. The quantitative estimate of drug-likeness (QED) is 0.135. The highest BCUT2D eigenvalue weighted by Gasteiger charge is 2.51. The highest BCUT2D eigenvalue weighted by atomic mass is 31.2. The molecule has 0 saturated carbocycles. The van der Waals surface area contributed by atoms with Gasteiger partial charge in [0.2, 0.25) is 0 Å². The molecular weight excluding hydrogens is 505 g/mol. The number of phosphoric acid groups is 1. The lowest BCUT2D eigenvalue weighted by atomic mass is 9.98. The van der Waals surface area contributed by atoms with Gasteiger partial charge in [0.05, 0.1) is 13.2 Å². The summed E-state index contributed by atoms with van der Waals surface area (Å²) in [4.78, 5) is 28.0. The molecule has 11 N–H and O–H groups in total. The van der Waals surface area contributed by atoms with Crippen LogP contribution in [-0.2, 0) is 28.1 Å². The number of hydrogen-bond acceptors (Lipinski definition) is 14. The SMILES string of the molecule is O=C(O)[C@@H]1CCCN1.O=P(O)(O)O[C@@H]1[C@@H](O)[C@@H](O[C@H]2O[C@H](CO)[C@@H](O)[C@H](O)[C@H]2O)O[C@H](CO)[C@H]1O. The van der Waals surface area contributed by atoms with Crippen LogP contribution in [0, 0.1) is 0 Å². The van der Waals surface area contributed by atoms with Crippen LogP contribution in [-0.4, -0.2) is 144 Å². The summed E-state index contributed by atoms with van der Waals surface area (Å²) in [6, 6.07) is -0.269. The van der Waals surface area contributed by atoms with Crippen molar-refractivity contribution in [1.29, 1.82) is 0 Å². The summed E-state index contributed by atoms with van der Waals surface area (Å²) in [7, 11) is -5.16. The van der Waals surface area contributed by atoms with Crippen molar-refractivity contribution in [3.63, 3.8) is 0 Å². The zero-order valence-electron chi connectivity index (χ0n) is 18.3. The Morgan fingerprint density at radius 1 is 0.886 bits per heavy atom. The topological polar surface area (TPSA) is 285 Å². The smallest absolute Gasteiger partial charge is 0.470 e. The molecule has 3 aliphatic rings. The first-order valence-corrected chi connectivity index (χ1v) is 12.1. The van der Waals surface area contributed by atoms with Crippen LogP contribution >= 0.6 is 7.82 Å². The molecule has 35 heavy (non-hydrogen) atoms. The molecule has 206 valence electrons. The molecule has 3 rings (SSSR count). The molecule has 0 aliphatic carbocycles. The molecule has 3 aliphatic heterocycles. The van der Waals surface area contributed by atoms with Crippen molar-refractivity contribution in [2.45, 2.75) is 80.3 Å². The number of carbonyl (C=O) groups is 1. The predicted molar refractivity (Wildman–Crippen MR) is 108 cm³/mol. The molecule has 0 spiro atoms. The first-order valence-electron chi connectivity index (χ1n) is 10.6. The summed E-state index contributed by atoms with van der Waals surface area (Å²) in [6.45, 7) is -0.735. The molecule has 0 unspecified atom stereocenters. The molecule has 3 saturated heterocycles. The van der Waals surface area contributed by atoms with Gasteiger partial charge in [0, 0.05) is 0 Å². The number of nitrogens with one attached hydrogen (secondary N) is 1. The van der Waals surface area contributed by atoms with Crippen LogP contribution in [0.5, 0.6) is 0 Å². The molecule has 0 aromatic rings. The van der Waals surface area contributed by atoms with Gasteiger partial charge in [0.25, 0.3) is 0 Å². The number of carboxylic acids is 1. The number of ether oxygens (including phenoxy) is 3. The first kappa shape index (κ1) is 30.4. The number of hydrogen-bond donors (Lipinski definition) is 11. The molecule has 0 amide bonds. The number of aliphatic hydroxyl groups is 7.